The monoisotopic (exact) mass is 713 g/mol. The van der Waals surface area contributed by atoms with E-state index in [1.165, 1.54) is 23.5 Å². The molecule has 5 N–H and O–H groups in total. The molecule has 0 spiro atoms. The summed E-state index contributed by atoms with van der Waals surface area (Å²) in [5.41, 5.74) is 14.6. The summed E-state index contributed by atoms with van der Waals surface area (Å²) < 4.78 is 41.2. The number of nitrogens with zero attached hydrogens (tertiary/aromatic N) is 4. The van der Waals surface area contributed by atoms with Gasteiger partial charge in [0.2, 0.25) is 0 Å². The first kappa shape index (κ1) is 34.9. The lowest BCUT2D eigenvalue weighted by Crippen LogP contribution is -2.20. The third-order valence-corrected chi connectivity index (χ3v) is 8.63. The molecule has 0 saturated heterocycles. The van der Waals surface area contributed by atoms with Crippen LogP contribution < -0.4 is 16.4 Å². The van der Waals surface area contributed by atoms with Crippen molar-refractivity contribution in [1.29, 1.82) is 0 Å². The number of aliphatic carboxylic acids is 1. The van der Waals surface area contributed by atoms with Crippen molar-refractivity contribution < 1.29 is 27.9 Å². The lowest BCUT2D eigenvalue weighted by molar-refractivity contribution is -0.138. The highest BCUT2D eigenvalue weighted by atomic mass is 35.5. The number of halogens is 4. The van der Waals surface area contributed by atoms with Crippen molar-refractivity contribution in [3.8, 4) is 28.1 Å². The molecule has 2 heterocycles. The molecule has 6 aromatic rings. The Morgan fingerprint density at radius 2 is 1.63 bits per heavy atom. The second-order valence-corrected chi connectivity index (χ2v) is 12.1. The van der Waals surface area contributed by atoms with Crippen LogP contribution in [0.1, 0.15) is 42.9 Å². The van der Waals surface area contributed by atoms with E-state index in [1.807, 2.05) is 25.1 Å². The van der Waals surface area contributed by atoms with E-state index in [-0.39, 0.29) is 5.69 Å². The molecule has 0 atom stereocenters. The van der Waals surface area contributed by atoms with Crippen molar-refractivity contribution in [1.82, 2.24) is 19.5 Å². The Balaban J connectivity index is 0.000000582. The molecule has 1 aliphatic carbocycles. The normalized spacial score (nSPS) is 11.7. The van der Waals surface area contributed by atoms with Gasteiger partial charge in [0.15, 0.2) is 5.65 Å². The van der Waals surface area contributed by atoms with Crippen LogP contribution in [-0.4, -0.2) is 36.6 Å². The molecule has 2 aromatic heterocycles. The Labute approximate surface area is 295 Å². The molecule has 260 valence electrons. The summed E-state index contributed by atoms with van der Waals surface area (Å²) in [7, 11) is 0. The number of nitrogens with one attached hydrogen (secondary N) is 2. The quantitative estimate of drug-likeness (QED) is 0.120. The van der Waals surface area contributed by atoms with Gasteiger partial charge in [-0.05, 0) is 71.1 Å². The Bertz CT molecular complexity index is 2260. The average Bonchev–Trinajstić information content (AvgIpc) is 3.71. The lowest BCUT2D eigenvalue weighted by Gasteiger charge is -2.13. The van der Waals surface area contributed by atoms with Crippen LogP contribution in [-0.2, 0) is 17.4 Å². The number of alkyl halides is 3. The maximum atomic E-state index is 13.2. The Kier molecular flexibility index (Phi) is 9.92. The van der Waals surface area contributed by atoms with Gasteiger partial charge in [0.1, 0.15) is 23.9 Å². The van der Waals surface area contributed by atoms with Gasteiger partial charge in [-0.3, -0.25) is 9.36 Å². The molecule has 0 unspecified atom stereocenters. The standard InChI is InChI=1S/C32H21ClF3N7O.C5H10O2/c33-26-12-7-19(14-25(26)32(34,35)36)42-31(44)41-18-5-8-20(9-6-18)43-16-40-29-28(38-15-39-30(29)43)23-11-10-22-21-4-2-1-3-17(21)13-24(22)27(23)37;1-2-3-4-5(6)7/h1-12,14-16H,13,37H2,(H2,41,42,44);2-4H2,1H3,(H,6,7). The molecule has 51 heavy (non-hydrogen) atoms. The molecule has 0 fully saturated rings. The Morgan fingerprint density at radius 1 is 0.922 bits per heavy atom. The van der Waals surface area contributed by atoms with Crippen LogP contribution in [0.3, 0.4) is 0 Å². The summed E-state index contributed by atoms with van der Waals surface area (Å²) in [5, 5.41) is 12.6. The van der Waals surface area contributed by atoms with Crippen molar-refractivity contribution in [2.45, 2.75) is 38.8 Å². The van der Waals surface area contributed by atoms with Crippen LogP contribution in [0.15, 0.2) is 91.5 Å². The number of aromatic nitrogens is 4. The fourth-order valence-electron chi connectivity index (χ4n) is 5.81. The van der Waals surface area contributed by atoms with Crippen LogP contribution in [0.2, 0.25) is 5.02 Å². The number of nitrogens with two attached hydrogens (primary N) is 1. The fourth-order valence-corrected chi connectivity index (χ4v) is 6.03. The second kappa shape index (κ2) is 14.5. The number of amides is 2. The molecule has 0 bridgehead atoms. The number of imidazole rings is 1. The van der Waals surface area contributed by atoms with E-state index in [4.69, 9.17) is 22.4 Å². The average molecular weight is 714 g/mol. The highest BCUT2D eigenvalue weighted by Gasteiger charge is 2.33. The van der Waals surface area contributed by atoms with Gasteiger partial charge in [0.25, 0.3) is 0 Å². The zero-order valence-corrected chi connectivity index (χ0v) is 27.9. The summed E-state index contributed by atoms with van der Waals surface area (Å²) in [6, 6.07) is 21.5. The number of nitrogen functional groups attached to an aromatic ring is 1. The van der Waals surface area contributed by atoms with Gasteiger partial charge in [-0.15, -0.1) is 0 Å². The molecule has 2 amide bonds. The second-order valence-electron chi connectivity index (χ2n) is 11.7. The Morgan fingerprint density at radius 3 is 2.33 bits per heavy atom. The van der Waals surface area contributed by atoms with Crippen molar-refractivity contribution in [2.24, 2.45) is 0 Å². The van der Waals surface area contributed by atoms with E-state index < -0.39 is 28.8 Å². The first-order chi connectivity index (χ1) is 24.4. The number of carboxylic acids is 1. The van der Waals surface area contributed by atoms with Gasteiger partial charge >= 0.3 is 18.2 Å². The molecule has 7 rings (SSSR count). The topological polar surface area (TPSA) is 148 Å². The zero-order valence-electron chi connectivity index (χ0n) is 27.1. The molecular formula is C37H31ClF3N7O3. The van der Waals surface area contributed by atoms with Crippen LogP contribution in [0.5, 0.6) is 0 Å². The fraction of sp³-hybridized carbons (Fsp3) is 0.162. The maximum absolute atomic E-state index is 13.2. The van der Waals surface area contributed by atoms with Crippen molar-refractivity contribution in [3.05, 3.63) is 113 Å². The van der Waals surface area contributed by atoms with Crippen LogP contribution in [0.4, 0.5) is 35.0 Å². The van der Waals surface area contributed by atoms with E-state index in [9.17, 15) is 22.8 Å². The highest BCUT2D eigenvalue weighted by molar-refractivity contribution is 6.31. The predicted octanol–water partition coefficient (Wildman–Crippen LogP) is 9.21. The van der Waals surface area contributed by atoms with E-state index in [0.717, 1.165) is 48.1 Å². The maximum Gasteiger partial charge on any atom is 0.417 e. The van der Waals surface area contributed by atoms with Crippen LogP contribution in [0.25, 0.3) is 39.2 Å². The number of carbonyl (C=O) groups is 2. The number of fused-ring (bicyclic) bond motifs is 4. The predicted molar refractivity (Wildman–Crippen MR) is 191 cm³/mol. The number of unbranched alkanes of at least 4 members (excludes halogenated alkanes) is 1. The van der Waals surface area contributed by atoms with Crippen molar-refractivity contribution in [3.63, 3.8) is 0 Å². The van der Waals surface area contributed by atoms with Crippen LogP contribution in [0, 0.1) is 0 Å². The van der Waals surface area contributed by atoms with Gasteiger partial charge in [-0.25, -0.2) is 19.7 Å². The van der Waals surface area contributed by atoms with E-state index >= 15 is 0 Å². The summed E-state index contributed by atoms with van der Waals surface area (Å²) in [5.74, 6) is -0.693. The molecule has 0 saturated carbocycles. The minimum absolute atomic E-state index is 0.0511. The van der Waals surface area contributed by atoms with Gasteiger partial charge in [0, 0.05) is 41.2 Å². The Hall–Kier alpha value is -5.95. The number of urea groups is 1. The van der Waals surface area contributed by atoms with Gasteiger partial charge < -0.3 is 21.5 Å². The molecule has 1 aliphatic rings. The molecule has 14 heteroatoms. The smallest absolute Gasteiger partial charge is 0.417 e. The number of carboxylic acid groups (broad SMARTS) is 1. The summed E-state index contributed by atoms with van der Waals surface area (Å²) in [4.78, 5) is 35.8. The first-order valence-electron chi connectivity index (χ1n) is 15.9. The molecule has 0 aliphatic heterocycles. The SMILES string of the molecule is CCCCC(=O)O.Nc1c(-c2ncnc3c2ncn3-c2ccc(NC(=O)Nc3ccc(Cl)c(C(F)(F)F)c3)cc2)ccc2c1Cc1ccccc1-2. The highest BCUT2D eigenvalue weighted by Crippen LogP contribution is 2.43. The summed E-state index contributed by atoms with van der Waals surface area (Å²) in [6.45, 7) is 1.98. The molecular weight excluding hydrogens is 683 g/mol. The number of hydrogen-bond donors (Lipinski definition) is 4. The number of anilines is 3. The number of benzene rings is 4. The van der Waals surface area contributed by atoms with Gasteiger partial charge in [0.05, 0.1) is 10.6 Å². The minimum atomic E-state index is -4.65. The lowest BCUT2D eigenvalue weighted by atomic mass is 9.99. The molecule has 10 nitrogen and oxygen atoms in total. The number of carbonyl (C=O) groups excluding carboxylic acids is 1. The molecule has 4 aromatic carbocycles. The first-order valence-corrected chi connectivity index (χ1v) is 16.3. The van der Waals surface area contributed by atoms with Crippen molar-refractivity contribution in [2.75, 3.05) is 16.4 Å². The van der Waals surface area contributed by atoms with Crippen LogP contribution >= 0.6 is 11.6 Å². The van der Waals surface area contributed by atoms with E-state index in [1.54, 1.807) is 35.2 Å². The summed E-state index contributed by atoms with van der Waals surface area (Å²) >= 11 is 5.66. The minimum Gasteiger partial charge on any atom is -0.481 e. The molecule has 0 radical (unpaired) electrons. The third-order valence-electron chi connectivity index (χ3n) is 8.30. The number of rotatable bonds is 7. The van der Waals surface area contributed by atoms with E-state index in [2.05, 4.69) is 43.8 Å². The number of hydrogen-bond acceptors (Lipinski definition) is 6. The summed E-state index contributed by atoms with van der Waals surface area (Å²) in [6.07, 6.45) is 1.29. The van der Waals surface area contributed by atoms with Gasteiger partial charge in [-0.1, -0.05) is 61.3 Å². The largest absolute Gasteiger partial charge is 0.481 e. The van der Waals surface area contributed by atoms with Gasteiger partial charge in [-0.2, -0.15) is 13.2 Å². The van der Waals surface area contributed by atoms with Crippen molar-refractivity contribution >= 4 is 51.8 Å². The zero-order chi connectivity index (χ0) is 36.3. The van der Waals surface area contributed by atoms with E-state index in [0.29, 0.717) is 40.3 Å². The third kappa shape index (κ3) is 7.48.